The number of carbonyl (C=O) groups excluding carboxylic acids is 2. The second kappa shape index (κ2) is 5.80. The zero-order valence-electron chi connectivity index (χ0n) is 6.58. The number of rotatable bonds is 6. The summed E-state index contributed by atoms with van der Waals surface area (Å²) in [5.41, 5.74) is 0. The minimum atomic E-state index is -0.203. The number of aldehydes is 1. The number of carbonyl (C=O) groups is 2. The maximum atomic E-state index is 10.7. The van der Waals surface area contributed by atoms with Crippen LogP contribution in [-0.2, 0) is 14.3 Å². The van der Waals surface area contributed by atoms with Crippen molar-refractivity contribution in [2.75, 3.05) is 6.61 Å². The van der Waals surface area contributed by atoms with E-state index in [-0.39, 0.29) is 24.9 Å². The Balaban J connectivity index is 3.50. The van der Waals surface area contributed by atoms with Crippen LogP contribution < -0.4 is 0 Å². The predicted octanol–water partition coefficient (Wildman–Crippen LogP) is 0.736. The first-order valence-electron chi connectivity index (χ1n) is 3.41. The molecule has 0 heterocycles. The third-order valence-electron chi connectivity index (χ3n) is 1.17. The molecule has 1 atom stereocenters. The number of ketones is 1. The van der Waals surface area contributed by atoms with Crippen molar-refractivity contribution >= 4 is 12.1 Å². The lowest BCUT2D eigenvalue weighted by Gasteiger charge is -2.07. The van der Waals surface area contributed by atoms with Crippen LogP contribution in [0.25, 0.3) is 0 Å². The maximum Gasteiger partial charge on any atom is 0.157 e. The molecule has 1 unspecified atom stereocenters. The van der Waals surface area contributed by atoms with Gasteiger partial charge in [-0.05, 0) is 13.0 Å². The Kier molecular flexibility index (Phi) is 5.29. The van der Waals surface area contributed by atoms with Gasteiger partial charge in [0.15, 0.2) is 5.78 Å². The molecule has 3 heteroatoms. The summed E-state index contributed by atoms with van der Waals surface area (Å²) in [6.07, 6.45) is 2.00. The highest BCUT2D eigenvalue weighted by Crippen LogP contribution is 1.97. The van der Waals surface area contributed by atoms with Gasteiger partial charge in [-0.1, -0.05) is 6.58 Å². The van der Waals surface area contributed by atoms with E-state index < -0.39 is 0 Å². The van der Waals surface area contributed by atoms with E-state index in [1.807, 2.05) is 0 Å². The van der Waals surface area contributed by atoms with E-state index in [0.717, 1.165) is 0 Å². The van der Waals surface area contributed by atoms with Crippen molar-refractivity contribution in [1.29, 1.82) is 0 Å². The summed E-state index contributed by atoms with van der Waals surface area (Å²) in [5.74, 6) is -0.0663. The average molecular weight is 156 g/mol. The predicted molar refractivity (Wildman–Crippen MR) is 41.3 cm³/mol. The minimum Gasteiger partial charge on any atom is -0.371 e. The van der Waals surface area contributed by atoms with Gasteiger partial charge in [0, 0.05) is 6.42 Å². The Hall–Kier alpha value is -0.960. The van der Waals surface area contributed by atoms with Crippen molar-refractivity contribution in [2.24, 2.45) is 0 Å². The van der Waals surface area contributed by atoms with E-state index in [0.29, 0.717) is 6.29 Å². The lowest BCUT2D eigenvalue weighted by molar-refractivity contribution is -0.120. The first kappa shape index (κ1) is 10.0. The molecule has 0 saturated heterocycles. The van der Waals surface area contributed by atoms with E-state index in [9.17, 15) is 9.59 Å². The number of ether oxygens (including phenoxy) is 1. The Labute approximate surface area is 66.0 Å². The van der Waals surface area contributed by atoms with Gasteiger partial charge < -0.3 is 9.53 Å². The SMILES string of the molecule is C=CC(=O)CC(C)OCC=O. The minimum absolute atomic E-state index is 0.0472. The molecule has 0 rings (SSSR count). The van der Waals surface area contributed by atoms with Crippen LogP contribution in [0.3, 0.4) is 0 Å². The maximum absolute atomic E-state index is 10.7. The van der Waals surface area contributed by atoms with Crippen molar-refractivity contribution in [3.8, 4) is 0 Å². The molecule has 0 aromatic heterocycles. The van der Waals surface area contributed by atoms with Gasteiger partial charge in [0.2, 0.25) is 0 Å². The standard InChI is InChI=1S/C8H12O3/c1-3-8(10)6-7(2)11-5-4-9/h3-4,7H,1,5-6H2,2H3. The second-order valence-electron chi connectivity index (χ2n) is 2.19. The molecule has 0 aliphatic carbocycles. The van der Waals surface area contributed by atoms with Gasteiger partial charge in [0.25, 0.3) is 0 Å². The van der Waals surface area contributed by atoms with Gasteiger partial charge >= 0.3 is 0 Å². The molecule has 0 N–H and O–H groups in total. The zero-order valence-corrected chi connectivity index (χ0v) is 6.58. The third-order valence-corrected chi connectivity index (χ3v) is 1.17. The van der Waals surface area contributed by atoms with E-state index in [4.69, 9.17) is 4.74 Å². The van der Waals surface area contributed by atoms with Crippen molar-refractivity contribution in [3.63, 3.8) is 0 Å². The van der Waals surface area contributed by atoms with Crippen molar-refractivity contribution in [3.05, 3.63) is 12.7 Å². The smallest absolute Gasteiger partial charge is 0.157 e. The Morgan fingerprint density at radius 3 is 2.82 bits per heavy atom. The molecule has 0 amide bonds. The average Bonchev–Trinajstić information content (AvgIpc) is 2.00. The summed E-state index contributed by atoms with van der Waals surface area (Å²) in [6.45, 7) is 5.11. The molecule has 0 aliphatic heterocycles. The summed E-state index contributed by atoms with van der Waals surface area (Å²) in [4.78, 5) is 20.5. The van der Waals surface area contributed by atoms with E-state index in [1.54, 1.807) is 6.92 Å². The second-order valence-corrected chi connectivity index (χ2v) is 2.19. The molecule has 0 radical (unpaired) electrons. The highest BCUT2D eigenvalue weighted by molar-refractivity contribution is 5.89. The van der Waals surface area contributed by atoms with Gasteiger partial charge in [-0.25, -0.2) is 0 Å². The Bertz CT molecular complexity index is 151. The first-order valence-corrected chi connectivity index (χ1v) is 3.41. The molecule has 0 fully saturated rings. The van der Waals surface area contributed by atoms with Crippen LogP contribution in [0.1, 0.15) is 13.3 Å². The Morgan fingerprint density at radius 1 is 1.73 bits per heavy atom. The van der Waals surface area contributed by atoms with Crippen molar-refractivity contribution in [2.45, 2.75) is 19.4 Å². The topological polar surface area (TPSA) is 43.4 Å². The fraction of sp³-hybridized carbons (Fsp3) is 0.500. The van der Waals surface area contributed by atoms with Gasteiger partial charge in [-0.2, -0.15) is 0 Å². The van der Waals surface area contributed by atoms with Crippen LogP contribution in [0.4, 0.5) is 0 Å². The van der Waals surface area contributed by atoms with Crippen LogP contribution in [0.15, 0.2) is 12.7 Å². The van der Waals surface area contributed by atoms with Gasteiger partial charge in [-0.3, -0.25) is 4.79 Å². The zero-order chi connectivity index (χ0) is 8.69. The molecule has 3 nitrogen and oxygen atoms in total. The van der Waals surface area contributed by atoms with Gasteiger partial charge in [0.1, 0.15) is 12.9 Å². The fourth-order valence-corrected chi connectivity index (χ4v) is 0.629. The molecule has 0 aromatic rings. The van der Waals surface area contributed by atoms with Crippen LogP contribution >= 0.6 is 0 Å². The monoisotopic (exact) mass is 156 g/mol. The molecular weight excluding hydrogens is 144 g/mol. The highest BCUT2D eigenvalue weighted by atomic mass is 16.5. The lowest BCUT2D eigenvalue weighted by atomic mass is 10.2. The van der Waals surface area contributed by atoms with E-state index in [1.165, 1.54) is 6.08 Å². The lowest BCUT2D eigenvalue weighted by Crippen LogP contribution is -2.13. The fourth-order valence-electron chi connectivity index (χ4n) is 0.629. The van der Waals surface area contributed by atoms with Crippen LogP contribution in [-0.4, -0.2) is 24.8 Å². The number of allylic oxidation sites excluding steroid dienone is 1. The van der Waals surface area contributed by atoms with Crippen molar-refractivity contribution < 1.29 is 14.3 Å². The molecule has 62 valence electrons. The van der Waals surface area contributed by atoms with E-state index in [2.05, 4.69) is 6.58 Å². The molecular formula is C8H12O3. The van der Waals surface area contributed by atoms with Crippen LogP contribution in [0.5, 0.6) is 0 Å². The highest BCUT2D eigenvalue weighted by Gasteiger charge is 2.05. The number of hydrogen-bond donors (Lipinski definition) is 0. The summed E-state index contributed by atoms with van der Waals surface area (Å²) in [5, 5.41) is 0. The van der Waals surface area contributed by atoms with Gasteiger partial charge in [-0.15, -0.1) is 0 Å². The molecule has 11 heavy (non-hydrogen) atoms. The quantitative estimate of drug-likeness (QED) is 0.420. The summed E-state index contributed by atoms with van der Waals surface area (Å²) >= 11 is 0. The number of hydrogen-bond acceptors (Lipinski definition) is 3. The van der Waals surface area contributed by atoms with Crippen LogP contribution in [0, 0.1) is 0 Å². The molecule has 0 aliphatic rings. The molecule has 0 saturated carbocycles. The summed E-state index contributed by atoms with van der Waals surface area (Å²) < 4.78 is 4.93. The molecule has 0 spiro atoms. The summed E-state index contributed by atoms with van der Waals surface area (Å²) in [6, 6.07) is 0. The Morgan fingerprint density at radius 2 is 2.36 bits per heavy atom. The van der Waals surface area contributed by atoms with Crippen molar-refractivity contribution in [1.82, 2.24) is 0 Å². The van der Waals surface area contributed by atoms with Gasteiger partial charge in [0.05, 0.1) is 6.10 Å². The first-order chi connectivity index (χ1) is 5.20. The van der Waals surface area contributed by atoms with Crippen LogP contribution in [0.2, 0.25) is 0 Å². The summed E-state index contributed by atoms with van der Waals surface area (Å²) in [7, 11) is 0. The largest absolute Gasteiger partial charge is 0.371 e. The van der Waals surface area contributed by atoms with E-state index >= 15 is 0 Å². The molecule has 0 aromatic carbocycles. The normalized spacial score (nSPS) is 12.1. The third kappa shape index (κ3) is 5.48. The molecule has 0 bridgehead atoms.